The highest BCUT2D eigenvalue weighted by Crippen LogP contribution is 2.32. The van der Waals surface area contributed by atoms with Gasteiger partial charge in [0.25, 0.3) is 5.69 Å². The molecule has 1 aromatic heterocycles. The SMILES string of the molecule is O=[N+]([O-])c1ccc(NCc2ccc(F)cc2C(F)(F)F)nc1. The van der Waals surface area contributed by atoms with Crippen LogP contribution in [0.1, 0.15) is 11.1 Å². The Bertz CT molecular complexity index is 687. The van der Waals surface area contributed by atoms with E-state index in [1.165, 1.54) is 12.1 Å². The summed E-state index contributed by atoms with van der Waals surface area (Å²) in [6.07, 6.45) is -3.69. The fourth-order valence-electron chi connectivity index (χ4n) is 1.75. The van der Waals surface area contributed by atoms with Gasteiger partial charge in [0.1, 0.15) is 17.8 Å². The number of alkyl halides is 3. The number of nitrogens with zero attached hydrogens (tertiary/aromatic N) is 2. The minimum Gasteiger partial charge on any atom is -0.366 e. The normalized spacial score (nSPS) is 11.3. The van der Waals surface area contributed by atoms with Crippen LogP contribution in [0.15, 0.2) is 36.5 Å². The molecule has 0 aliphatic carbocycles. The van der Waals surface area contributed by atoms with E-state index in [9.17, 15) is 27.7 Å². The van der Waals surface area contributed by atoms with Crippen LogP contribution in [-0.2, 0) is 12.7 Å². The summed E-state index contributed by atoms with van der Waals surface area (Å²) in [6, 6.07) is 4.81. The number of anilines is 1. The topological polar surface area (TPSA) is 68.1 Å². The van der Waals surface area contributed by atoms with Crippen LogP contribution in [0.25, 0.3) is 0 Å². The number of rotatable bonds is 4. The first-order valence-corrected chi connectivity index (χ1v) is 5.97. The Kier molecular flexibility index (Phi) is 4.25. The van der Waals surface area contributed by atoms with Crippen LogP contribution < -0.4 is 5.32 Å². The number of halogens is 4. The van der Waals surface area contributed by atoms with Crippen LogP contribution in [0.4, 0.5) is 29.1 Å². The fraction of sp³-hybridized carbons (Fsp3) is 0.154. The van der Waals surface area contributed by atoms with Crippen LogP contribution >= 0.6 is 0 Å². The number of nitro groups is 1. The van der Waals surface area contributed by atoms with Gasteiger partial charge in [0.05, 0.1) is 10.5 Å². The van der Waals surface area contributed by atoms with Gasteiger partial charge in [-0.15, -0.1) is 0 Å². The van der Waals surface area contributed by atoms with Gasteiger partial charge < -0.3 is 5.32 Å². The van der Waals surface area contributed by atoms with E-state index in [-0.39, 0.29) is 23.6 Å². The molecule has 0 spiro atoms. The third-order valence-electron chi connectivity index (χ3n) is 2.80. The van der Waals surface area contributed by atoms with Gasteiger partial charge in [-0.1, -0.05) is 6.07 Å². The Balaban J connectivity index is 2.16. The number of hydrogen-bond acceptors (Lipinski definition) is 4. The van der Waals surface area contributed by atoms with Gasteiger partial charge in [-0.25, -0.2) is 9.37 Å². The molecule has 22 heavy (non-hydrogen) atoms. The predicted octanol–water partition coefficient (Wildman–Crippen LogP) is 3.76. The zero-order valence-corrected chi connectivity index (χ0v) is 10.9. The largest absolute Gasteiger partial charge is 0.416 e. The summed E-state index contributed by atoms with van der Waals surface area (Å²) >= 11 is 0. The lowest BCUT2D eigenvalue weighted by atomic mass is 10.1. The minimum absolute atomic E-state index is 0.158. The summed E-state index contributed by atoms with van der Waals surface area (Å²) in [5.74, 6) is -0.812. The van der Waals surface area contributed by atoms with Crippen molar-refractivity contribution in [3.8, 4) is 0 Å². The molecular formula is C13H9F4N3O2. The van der Waals surface area contributed by atoms with Crippen molar-refractivity contribution in [3.05, 3.63) is 63.6 Å². The maximum absolute atomic E-state index is 13.0. The Morgan fingerprint density at radius 1 is 1.23 bits per heavy atom. The standard InChI is InChI=1S/C13H9F4N3O2/c14-9-2-1-8(11(5-9)13(15,16)17)6-18-12-4-3-10(7-19-12)20(21)22/h1-5,7H,6H2,(H,18,19). The summed E-state index contributed by atoms with van der Waals surface area (Å²) in [6.45, 7) is -0.250. The number of benzene rings is 1. The first-order chi connectivity index (χ1) is 10.3. The van der Waals surface area contributed by atoms with Crippen LogP contribution in [0.5, 0.6) is 0 Å². The molecule has 0 radical (unpaired) electrons. The van der Waals surface area contributed by atoms with Gasteiger partial charge in [-0.05, 0) is 23.8 Å². The molecule has 0 aliphatic rings. The average Bonchev–Trinajstić information content (AvgIpc) is 2.45. The van der Waals surface area contributed by atoms with Crippen molar-refractivity contribution >= 4 is 11.5 Å². The molecule has 9 heteroatoms. The number of pyridine rings is 1. The Morgan fingerprint density at radius 2 is 1.95 bits per heavy atom. The van der Waals surface area contributed by atoms with Crippen LogP contribution in [0.3, 0.4) is 0 Å². The van der Waals surface area contributed by atoms with Crippen LogP contribution in [0, 0.1) is 15.9 Å². The highest BCUT2D eigenvalue weighted by Gasteiger charge is 2.33. The second kappa shape index (κ2) is 5.96. The highest BCUT2D eigenvalue weighted by molar-refractivity contribution is 5.42. The van der Waals surface area contributed by atoms with Crippen LogP contribution in [0.2, 0.25) is 0 Å². The van der Waals surface area contributed by atoms with Crippen molar-refractivity contribution in [2.75, 3.05) is 5.32 Å². The molecule has 1 aromatic carbocycles. The van der Waals surface area contributed by atoms with Crippen molar-refractivity contribution in [2.45, 2.75) is 12.7 Å². The zero-order chi connectivity index (χ0) is 16.3. The summed E-state index contributed by atoms with van der Waals surface area (Å²) in [5.41, 5.74) is -1.47. The molecule has 0 saturated heterocycles. The third kappa shape index (κ3) is 3.68. The van der Waals surface area contributed by atoms with Gasteiger partial charge in [0, 0.05) is 12.6 Å². The molecule has 2 aromatic rings. The molecular weight excluding hydrogens is 306 g/mol. The monoisotopic (exact) mass is 315 g/mol. The van der Waals surface area contributed by atoms with Crippen molar-refractivity contribution in [2.24, 2.45) is 0 Å². The molecule has 2 rings (SSSR count). The maximum atomic E-state index is 13.0. The number of nitrogens with one attached hydrogen (secondary N) is 1. The van der Waals surface area contributed by atoms with Crippen molar-refractivity contribution in [1.82, 2.24) is 4.98 Å². The molecule has 0 bridgehead atoms. The third-order valence-corrected chi connectivity index (χ3v) is 2.80. The fourth-order valence-corrected chi connectivity index (χ4v) is 1.75. The van der Waals surface area contributed by atoms with E-state index < -0.39 is 22.5 Å². The lowest BCUT2D eigenvalue weighted by Crippen LogP contribution is -2.12. The van der Waals surface area contributed by atoms with Gasteiger partial charge >= 0.3 is 6.18 Å². The zero-order valence-electron chi connectivity index (χ0n) is 10.9. The second-order valence-electron chi connectivity index (χ2n) is 4.31. The molecule has 0 aliphatic heterocycles. The van der Waals surface area contributed by atoms with E-state index in [4.69, 9.17) is 0 Å². The molecule has 1 heterocycles. The lowest BCUT2D eigenvalue weighted by Gasteiger charge is -2.13. The molecule has 1 N–H and O–H groups in total. The first-order valence-electron chi connectivity index (χ1n) is 5.97. The maximum Gasteiger partial charge on any atom is 0.416 e. The quantitative estimate of drug-likeness (QED) is 0.530. The first kappa shape index (κ1) is 15.7. The summed E-state index contributed by atoms with van der Waals surface area (Å²) < 4.78 is 51.4. The van der Waals surface area contributed by atoms with E-state index in [0.29, 0.717) is 6.07 Å². The summed E-state index contributed by atoms with van der Waals surface area (Å²) in [5, 5.41) is 13.1. The lowest BCUT2D eigenvalue weighted by molar-refractivity contribution is -0.385. The average molecular weight is 315 g/mol. The molecule has 0 atom stereocenters. The van der Waals surface area contributed by atoms with E-state index in [1.807, 2.05) is 0 Å². The van der Waals surface area contributed by atoms with Crippen molar-refractivity contribution in [3.63, 3.8) is 0 Å². The molecule has 5 nitrogen and oxygen atoms in total. The molecule has 0 fully saturated rings. The summed E-state index contributed by atoms with van der Waals surface area (Å²) in [7, 11) is 0. The van der Waals surface area contributed by atoms with E-state index in [2.05, 4.69) is 10.3 Å². The number of aromatic nitrogens is 1. The predicted molar refractivity (Wildman–Crippen MR) is 69.6 cm³/mol. The van der Waals surface area contributed by atoms with Gasteiger partial charge in [-0.3, -0.25) is 10.1 Å². The van der Waals surface area contributed by atoms with E-state index in [0.717, 1.165) is 18.3 Å². The van der Waals surface area contributed by atoms with E-state index in [1.54, 1.807) is 0 Å². The van der Waals surface area contributed by atoms with Gasteiger partial charge in [0.15, 0.2) is 0 Å². The van der Waals surface area contributed by atoms with E-state index >= 15 is 0 Å². The number of hydrogen-bond donors (Lipinski definition) is 1. The van der Waals surface area contributed by atoms with Crippen molar-refractivity contribution < 1.29 is 22.5 Å². The second-order valence-corrected chi connectivity index (χ2v) is 4.31. The smallest absolute Gasteiger partial charge is 0.366 e. The molecule has 0 amide bonds. The van der Waals surface area contributed by atoms with Gasteiger partial charge in [-0.2, -0.15) is 13.2 Å². The summed E-state index contributed by atoms with van der Waals surface area (Å²) in [4.78, 5) is 13.5. The Morgan fingerprint density at radius 3 is 2.50 bits per heavy atom. The minimum atomic E-state index is -4.68. The van der Waals surface area contributed by atoms with Crippen molar-refractivity contribution in [1.29, 1.82) is 0 Å². The molecule has 0 unspecified atom stereocenters. The van der Waals surface area contributed by atoms with Crippen LogP contribution in [-0.4, -0.2) is 9.91 Å². The molecule has 0 saturated carbocycles. The van der Waals surface area contributed by atoms with Gasteiger partial charge in [0.2, 0.25) is 0 Å². The highest BCUT2D eigenvalue weighted by atomic mass is 19.4. The molecule has 116 valence electrons. The Labute approximate surface area is 121 Å². The Hall–Kier alpha value is -2.71.